The summed E-state index contributed by atoms with van der Waals surface area (Å²) in [6, 6.07) is 6.18. The van der Waals surface area contributed by atoms with Crippen LogP contribution in [0.25, 0.3) is 0 Å². The summed E-state index contributed by atoms with van der Waals surface area (Å²) in [7, 11) is 0. The van der Waals surface area contributed by atoms with Crippen molar-refractivity contribution in [3.05, 3.63) is 58.4 Å². The molecule has 0 bridgehead atoms. The SMILES string of the molecule is O=C1CCC(N2C(=O)c3cccc(CNc4cnc5c(c4)CNCC5)c3C2=O)C(=O)N1. The highest BCUT2D eigenvalue weighted by atomic mass is 16.2. The smallest absolute Gasteiger partial charge is 0.262 e. The van der Waals surface area contributed by atoms with Crippen LogP contribution in [-0.4, -0.2) is 46.1 Å². The zero-order chi connectivity index (χ0) is 21.5. The van der Waals surface area contributed by atoms with Crippen LogP contribution < -0.4 is 16.0 Å². The predicted octanol–water partition coefficient (Wildman–Crippen LogP) is 0.741. The first-order valence-corrected chi connectivity index (χ1v) is 10.3. The maximum atomic E-state index is 13.1. The molecule has 3 aliphatic heterocycles. The van der Waals surface area contributed by atoms with Crippen LogP contribution >= 0.6 is 0 Å². The van der Waals surface area contributed by atoms with Crippen molar-refractivity contribution in [1.29, 1.82) is 0 Å². The van der Waals surface area contributed by atoms with E-state index < -0.39 is 29.7 Å². The van der Waals surface area contributed by atoms with Crippen LogP contribution in [0, 0.1) is 0 Å². The second kappa shape index (κ2) is 7.59. The number of benzene rings is 1. The molecular weight excluding hydrogens is 398 g/mol. The van der Waals surface area contributed by atoms with E-state index in [0.29, 0.717) is 17.7 Å². The van der Waals surface area contributed by atoms with E-state index in [-0.39, 0.29) is 18.4 Å². The molecule has 2 aromatic rings. The summed E-state index contributed by atoms with van der Waals surface area (Å²) < 4.78 is 0. The average molecular weight is 419 g/mol. The van der Waals surface area contributed by atoms with Crippen molar-refractivity contribution in [3.8, 4) is 0 Å². The fourth-order valence-corrected chi connectivity index (χ4v) is 4.37. The van der Waals surface area contributed by atoms with Gasteiger partial charge in [-0.25, -0.2) is 0 Å². The molecule has 1 atom stereocenters. The Morgan fingerprint density at radius 1 is 1.13 bits per heavy atom. The standard InChI is InChI=1S/C22H21N5O4/c28-18-5-4-17(20(29)26-18)27-21(30)15-3-1-2-12(19(15)22(27)31)10-24-14-8-13-9-23-7-6-16(13)25-11-14/h1-3,8,11,17,23-24H,4-7,9-10H2,(H,26,28,29). The second-order valence-corrected chi connectivity index (χ2v) is 7.90. The Kier molecular flexibility index (Phi) is 4.74. The van der Waals surface area contributed by atoms with E-state index in [1.54, 1.807) is 24.4 Å². The molecule has 4 amide bonds. The molecule has 9 nitrogen and oxygen atoms in total. The zero-order valence-electron chi connectivity index (χ0n) is 16.7. The van der Waals surface area contributed by atoms with Crippen LogP contribution in [-0.2, 0) is 29.1 Å². The van der Waals surface area contributed by atoms with Gasteiger partial charge in [0.05, 0.1) is 23.0 Å². The van der Waals surface area contributed by atoms with Gasteiger partial charge in [0, 0.05) is 38.2 Å². The third-order valence-electron chi connectivity index (χ3n) is 5.95. The van der Waals surface area contributed by atoms with Crippen molar-refractivity contribution in [1.82, 2.24) is 20.5 Å². The molecule has 31 heavy (non-hydrogen) atoms. The highest BCUT2D eigenvalue weighted by molar-refractivity contribution is 6.24. The number of piperidine rings is 1. The third-order valence-corrected chi connectivity index (χ3v) is 5.95. The Labute approximate surface area is 178 Å². The molecule has 1 unspecified atom stereocenters. The van der Waals surface area contributed by atoms with E-state index in [1.807, 2.05) is 6.07 Å². The molecule has 0 radical (unpaired) electrons. The van der Waals surface area contributed by atoms with E-state index in [1.165, 1.54) is 0 Å². The topological polar surface area (TPSA) is 120 Å². The normalized spacial score (nSPS) is 20.4. The van der Waals surface area contributed by atoms with Crippen molar-refractivity contribution in [2.75, 3.05) is 11.9 Å². The lowest BCUT2D eigenvalue weighted by molar-refractivity contribution is -0.136. The number of hydrogen-bond acceptors (Lipinski definition) is 7. The van der Waals surface area contributed by atoms with Gasteiger partial charge in [0.15, 0.2) is 0 Å². The third kappa shape index (κ3) is 3.36. The number of amides is 4. The number of rotatable bonds is 4. The van der Waals surface area contributed by atoms with Crippen molar-refractivity contribution in [3.63, 3.8) is 0 Å². The van der Waals surface area contributed by atoms with Crippen molar-refractivity contribution >= 4 is 29.3 Å². The number of anilines is 1. The average Bonchev–Trinajstić information content (AvgIpc) is 3.03. The van der Waals surface area contributed by atoms with Crippen LogP contribution in [0.2, 0.25) is 0 Å². The fourth-order valence-electron chi connectivity index (χ4n) is 4.37. The number of fused-ring (bicyclic) bond motifs is 2. The van der Waals surface area contributed by atoms with Gasteiger partial charge < -0.3 is 10.6 Å². The minimum Gasteiger partial charge on any atom is -0.380 e. The molecule has 5 rings (SSSR count). The maximum absolute atomic E-state index is 13.1. The maximum Gasteiger partial charge on any atom is 0.262 e. The number of nitrogens with one attached hydrogen (secondary N) is 3. The molecule has 1 aromatic heterocycles. The minimum atomic E-state index is -0.969. The summed E-state index contributed by atoms with van der Waals surface area (Å²) in [5.41, 5.74) is 4.31. The van der Waals surface area contributed by atoms with Crippen LogP contribution in [0.5, 0.6) is 0 Å². The lowest BCUT2D eigenvalue weighted by Gasteiger charge is -2.27. The van der Waals surface area contributed by atoms with Gasteiger partial charge in [0.2, 0.25) is 11.8 Å². The molecule has 4 heterocycles. The molecule has 3 aliphatic rings. The van der Waals surface area contributed by atoms with Crippen molar-refractivity contribution in [2.45, 2.75) is 38.4 Å². The van der Waals surface area contributed by atoms with Gasteiger partial charge in [-0.2, -0.15) is 0 Å². The first-order chi connectivity index (χ1) is 15.0. The summed E-state index contributed by atoms with van der Waals surface area (Å²) in [6.07, 6.45) is 2.90. The van der Waals surface area contributed by atoms with Crippen LogP contribution in [0.3, 0.4) is 0 Å². The Morgan fingerprint density at radius 3 is 2.84 bits per heavy atom. The van der Waals surface area contributed by atoms with Gasteiger partial charge in [-0.15, -0.1) is 0 Å². The van der Waals surface area contributed by atoms with Gasteiger partial charge in [-0.05, 0) is 29.7 Å². The van der Waals surface area contributed by atoms with E-state index in [2.05, 4.69) is 20.9 Å². The molecular formula is C22H21N5O4. The first kappa shape index (κ1) is 19.4. The summed E-state index contributed by atoms with van der Waals surface area (Å²) >= 11 is 0. The molecule has 158 valence electrons. The molecule has 9 heteroatoms. The highest BCUT2D eigenvalue weighted by Crippen LogP contribution is 2.30. The number of carbonyl (C=O) groups excluding carboxylic acids is 4. The van der Waals surface area contributed by atoms with Gasteiger partial charge in [0.1, 0.15) is 6.04 Å². The monoisotopic (exact) mass is 419 g/mol. The summed E-state index contributed by atoms with van der Waals surface area (Å²) in [4.78, 5) is 55.3. The molecule has 1 saturated heterocycles. The second-order valence-electron chi connectivity index (χ2n) is 7.90. The number of pyridine rings is 1. The lowest BCUT2D eigenvalue weighted by atomic mass is 10.0. The number of aromatic nitrogens is 1. The molecule has 0 spiro atoms. The number of carbonyl (C=O) groups is 4. The van der Waals surface area contributed by atoms with Crippen LogP contribution in [0.15, 0.2) is 30.5 Å². The predicted molar refractivity (Wildman–Crippen MR) is 110 cm³/mol. The Morgan fingerprint density at radius 2 is 2.00 bits per heavy atom. The fraction of sp³-hybridized carbons (Fsp3) is 0.318. The molecule has 1 aromatic carbocycles. The highest BCUT2D eigenvalue weighted by Gasteiger charge is 2.45. The Hall–Kier alpha value is -3.59. The number of hydrogen-bond donors (Lipinski definition) is 3. The van der Waals surface area contributed by atoms with Crippen molar-refractivity contribution in [2.24, 2.45) is 0 Å². The van der Waals surface area contributed by atoms with E-state index in [9.17, 15) is 19.2 Å². The van der Waals surface area contributed by atoms with Crippen LogP contribution in [0.4, 0.5) is 5.69 Å². The van der Waals surface area contributed by atoms with Gasteiger partial charge in [-0.1, -0.05) is 12.1 Å². The molecule has 0 aliphatic carbocycles. The number of nitrogens with zero attached hydrogens (tertiary/aromatic N) is 2. The summed E-state index contributed by atoms with van der Waals surface area (Å²) in [5.74, 6) is -2.01. The van der Waals surface area contributed by atoms with E-state index >= 15 is 0 Å². The molecule has 1 fully saturated rings. The Bertz CT molecular complexity index is 1130. The van der Waals surface area contributed by atoms with Crippen molar-refractivity contribution < 1.29 is 19.2 Å². The Balaban J connectivity index is 1.38. The quantitative estimate of drug-likeness (QED) is 0.625. The lowest BCUT2D eigenvalue weighted by Crippen LogP contribution is -2.54. The largest absolute Gasteiger partial charge is 0.380 e. The van der Waals surface area contributed by atoms with E-state index in [4.69, 9.17) is 0 Å². The first-order valence-electron chi connectivity index (χ1n) is 10.3. The number of imide groups is 2. The molecule has 0 saturated carbocycles. The van der Waals surface area contributed by atoms with Gasteiger partial charge >= 0.3 is 0 Å². The van der Waals surface area contributed by atoms with Gasteiger partial charge in [-0.3, -0.25) is 34.4 Å². The van der Waals surface area contributed by atoms with Crippen LogP contribution in [0.1, 0.15) is 50.4 Å². The summed E-state index contributed by atoms with van der Waals surface area (Å²) in [6.45, 7) is 2.02. The van der Waals surface area contributed by atoms with E-state index in [0.717, 1.165) is 41.4 Å². The van der Waals surface area contributed by atoms with Gasteiger partial charge in [0.25, 0.3) is 11.8 Å². The minimum absolute atomic E-state index is 0.0956. The zero-order valence-corrected chi connectivity index (χ0v) is 16.7. The summed E-state index contributed by atoms with van der Waals surface area (Å²) in [5, 5.41) is 8.82. The molecule has 3 N–H and O–H groups in total.